The van der Waals surface area contributed by atoms with Crippen molar-refractivity contribution >= 4 is 12.4 Å². The van der Waals surface area contributed by atoms with Gasteiger partial charge in [-0.3, -0.25) is 0 Å². The summed E-state index contributed by atoms with van der Waals surface area (Å²) in [6.07, 6.45) is 4.08. The van der Waals surface area contributed by atoms with Crippen molar-refractivity contribution in [1.29, 1.82) is 21.0 Å². The molecule has 0 aromatic heterocycles. The van der Waals surface area contributed by atoms with E-state index in [0.29, 0.717) is 59.8 Å². The molecular formula is C70H76N8O6. The maximum absolute atomic E-state index is 12.8. The molecule has 0 atom stereocenters. The Labute approximate surface area is 495 Å². The molecule has 6 N–H and O–H groups in total. The Bertz CT molecular complexity index is 3430. The normalized spacial score (nSPS) is 13.4. The van der Waals surface area contributed by atoms with Gasteiger partial charge >= 0.3 is 0 Å². The second-order valence-corrected chi connectivity index (χ2v) is 25.2. The molecule has 0 unspecified atom stereocenters. The van der Waals surface area contributed by atoms with Gasteiger partial charge in [0.25, 0.3) is 0 Å². The SMILES string of the molecule is CC(C)(C)c1cc2c(O)c(c1)Cc1cc(C(C)(C)C)cc(c1OCCOc1ccccc1C=NC(C#N)=C(N)C#N)Cc1cc(C(C)(C)C)cc(c1O)Cc1cc(C(C)(C)C)cc(c1OCCOc1ccccc1C=NC(C#N)=C(N)C#N)C2. The lowest BCUT2D eigenvalue weighted by atomic mass is 9.79. The van der Waals surface area contributed by atoms with Gasteiger partial charge in [0.1, 0.15) is 96.6 Å². The molecule has 1 aliphatic carbocycles. The molecule has 0 radical (unpaired) electrons. The van der Waals surface area contributed by atoms with Crippen LogP contribution in [0.15, 0.2) is 130 Å². The lowest BCUT2D eigenvalue weighted by Crippen LogP contribution is -2.18. The highest BCUT2D eigenvalue weighted by Gasteiger charge is 2.29. The number of aliphatic imine (C=N–C) groups is 2. The number of para-hydroxylation sites is 2. The number of allylic oxidation sites excluding steroid dienone is 4. The first-order chi connectivity index (χ1) is 39.6. The fourth-order valence-electron chi connectivity index (χ4n) is 9.74. The van der Waals surface area contributed by atoms with Crippen LogP contribution in [0.5, 0.6) is 34.5 Å². The van der Waals surface area contributed by atoms with E-state index in [-0.39, 0.29) is 82.4 Å². The maximum atomic E-state index is 12.8. The van der Waals surface area contributed by atoms with Gasteiger partial charge in [0.15, 0.2) is 11.4 Å². The van der Waals surface area contributed by atoms with E-state index in [1.54, 1.807) is 36.4 Å². The van der Waals surface area contributed by atoms with E-state index in [2.05, 4.69) is 142 Å². The molecule has 6 aromatic carbocycles. The van der Waals surface area contributed by atoms with Crippen molar-refractivity contribution in [3.8, 4) is 58.8 Å². The molecule has 0 fully saturated rings. The van der Waals surface area contributed by atoms with E-state index in [0.717, 1.165) is 66.8 Å². The van der Waals surface area contributed by atoms with Gasteiger partial charge in [0, 0.05) is 49.2 Å². The molecule has 0 heterocycles. The number of phenolic OH excluding ortho intramolecular Hbond substituents is 2. The van der Waals surface area contributed by atoms with Crippen LogP contribution in [0.2, 0.25) is 0 Å². The first-order valence-corrected chi connectivity index (χ1v) is 28.0. The molecule has 7 rings (SSSR count). The van der Waals surface area contributed by atoms with Gasteiger partial charge in [-0.05, 0) is 113 Å². The number of hydrogen-bond donors (Lipinski definition) is 4. The van der Waals surface area contributed by atoms with Gasteiger partial charge in [-0.2, -0.15) is 21.0 Å². The van der Waals surface area contributed by atoms with Gasteiger partial charge in [0.2, 0.25) is 0 Å². The summed E-state index contributed by atoms with van der Waals surface area (Å²) in [5, 5.41) is 63.4. The van der Waals surface area contributed by atoms with E-state index in [1.807, 2.05) is 36.4 Å². The number of aromatic hydroxyl groups is 2. The summed E-state index contributed by atoms with van der Waals surface area (Å²) in [6.45, 7) is 26.5. The molecule has 0 amide bonds. The van der Waals surface area contributed by atoms with Crippen LogP contribution >= 0.6 is 0 Å². The Morgan fingerprint density at radius 3 is 0.952 bits per heavy atom. The summed E-state index contributed by atoms with van der Waals surface area (Å²) in [7, 11) is 0. The van der Waals surface area contributed by atoms with Crippen molar-refractivity contribution in [2.45, 2.75) is 130 Å². The zero-order chi connectivity index (χ0) is 61.3. The van der Waals surface area contributed by atoms with Gasteiger partial charge in [-0.15, -0.1) is 0 Å². The minimum absolute atomic E-state index is 0.114. The van der Waals surface area contributed by atoms with Crippen molar-refractivity contribution in [2.75, 3.05) is 26.4 Å². The number of nitriles is 4. The minimum atomic E-state index is -0.321. The predicted octanol–water partition coefficient (Wildman–Crippen LogP) is 13.2. The predicted molar refractivity (Wildman–Crippen MR) is 330 cm³/mol. The molecule has 0 spiro atoms. The van der Waals surface area contributed by atoms with Crippen LogP contribution in [-0.4, -0.2) is 49.1 Å². The lowest BCUT2D eigenvalue weighted by molar-refractivity contribution is 0.214. The largest absolute Gasteiger partial charge is 0.507 e. The van der Waals surface area contributed by atoms with Crippen LogP contribution < -0.4 is 30.4 Å². The molecular weight excluding hydrogens is 1050 g/mol. The Morgan fingerprint density at radius 1 is 0.429 bits per heavy atom. The molecule has 6 aromatic rings. The highest BCUT2D eigenvalue weighted by atomic mass is 16.5. The topological polar surface area (TPSA) is 249 Å². The highest BCUT2D eigenvalue weighted by molar-refractivity contribution is 5.85. The van der Waals surface area contributed by atoms with E-state index in [4.69, 9.17) is 30.4 Å². The van der Waals surface area contributed by atoms with Crippen LogP contribution in [0.1, 0.15) is 161 Å². The molecule has 1 aliphatic rings. The minimum Gasteiger partial charge on any atom is -0.507 e. The highest BCUT2D eigenvalue weighted by Crippen LogP contribution is 2.44. The van der Waals surface area contributed by atoms with Gasteiger partial charge in [-0.25, -0.2) is 9.98 Å². The van der Waals surface area contributed by atoms with E-state index < -0.39 is 0 Å². The summed E-state index contributed by atoms with van der Waals surface area (Å²) >= 11 is 0. The molecule has 84 heavy (non-hydrogen) atoms. The third-order valence-corrected chi connectivity index (χ3v) is 14.6. The summed E-state index contributed by atoms with van der Waals surface area (Å²) < 4.78 is 26.6. The molecule has 8 bridgehead atoms. The molecule has 0 saturated carbocycles. The first kappa shape index (κ1) is 62.1. The molecule has 432 valence electrons. The maximum Gasteiger partial charge on any atom is 0.174 e. The monoisotopic (exact) mass is 1120 g/mol. The molecule has 0 saturated heterocycles. The second kappa shape index (κ2) is 25.7. The fraction of sp³-hybridized carbons (Fsp3) is 0.343. The van der Waals surface area contributed by atoms with E-state index in [1.165, 1.54) is 12.4 Å². The number of benzene rings is 6. The van der Waals surface area contributed by atoms with Gasteiger partial charge < -0.3 is 40.6 Å². The van der Waals surface area contributed by atoms with Crippen molar-refractivity contribution in [3.63, 3.8) is 0 Å². The molecule has 14 nitrogen and oxygen atoms in total. The molecule has 0 aliphatic heterocycles. The Kier molecular flexibility index (Phi) is 19.0. The van der Waals surface area contributed by atoms with Crippen LogP contribution in [0, 0.1) is 45.3 Å². The average Bonchev–Trinajstić information content (AvgIpc) is 1.54. The Morgan fingerprint density at radius 2 is 0.690 bits per heavy atom. The van der Waals surface area contributed by atoms with Crippen LogP contribution in [0.25, 0.3) is 0 Å². The van der Waals surface area contributed by atoms with Crippen molar-refractivity contribution in [3.05, 3.63) is 198 Å². The van der Waals surface area contributed by atoms with Crippen LogP contribution in [0.4, 0.5) is 0 Å². The summed E-state index contributed by atoms with van der Waals surface area (Å²) in [4.78, 5) is 8.34. The van der Waals surface area contributed by atoms with Crippen molar-refractivity contribution in [1.82, 2.24) is 0 Å². The Hall–Kier alpha value is -9.50. The lowest BCUT2D eigenvalue weighted by Gasteiger charge is -2.28. The smallest absolute Gasteiger partial charge is 0.174 e. The summed E-state index contributed by atoms with van der Waals surface area (Å²) in [6, 6.07) is 38.8. The fourth-order valence-corrected chi connectivity index (χ4v) is 9.74. The van der Waals surface area contributed by atoms with Crippen molar-refractivity contribution < 1.29 is 29.2 Å². The van der Waals surface area contributed by atoms with E-state index >= 15 is 0 Å². The van der Waals surface area contributed by atoms with Crippen molar-refractivity contribution in [2.24, 2.45) is 21.5 Å². The number of rotatable bonds is 14. The number of nitrogens with zero attached hydrogens (tertiary/aromatic N) is 6. The number of phenols is 2. The number of fused-ring (bicyclic) bond motifs is 8. The summed E-state index contributed by atoms with van der Waals surface area (Å²) in [5.74, 6) is 2.53. The van der Waals surface area contributed by atoms with Crippen LogP contribution in [0.3, 0.4) is 0 Å². The Balaban J connectivity index is 1.39. The third kappa shape index (κ3) is 15.1. The number of ether oxygens (including phenoxy) is 4. The second-order valence-electron chi connectivity index (χ2n) is 25.2. The van der Waals surface area contributed by atoms with Gasteiger partial charge in [-0.1, -0.05) is 156 Å². The number of nitrogens with two attached hydrogens (primary N) is 2. The van der Waals surface area contributed by atoms with Crippen LogP contribution in [-0.2, 0) is 47.3 Å². The zero-order valence-electron chi connectivity index (χ0n) is 50.4. The number of hydrogen-bond acceptors (Lipinski definition) is 14. The first-order valence-electron chi connectivity index (χ1n) is 28.0. The van der Waals surface area contributed by atoms with E-state index in [9.17, 15) is 31.3 Å². The zero-order valence-corrected chi connectivity index (χ0v) is 50.4. The molecule has 14 heteroatoms. The summed E-state index contributed by atoms with van der Waals surface area (Å²) in [5.41, 5.74) is 20.8. The standard InChI is InChI=1S/C70H76N8O6/c1-67(2,3)53-29-45-25-49-33-55(69(7,8)9)35-51(65(49)83-23-21-81-61-19-15-13-17-43(61)41-77-59(39-73)57(75)37-71)27-47-31-54(68(4,5)6)32-48(64(47)80)28-52-36-56(70(10,11)12)34-50(26-46(30-53)63(45)79)66(52)84-24-22-82-62-20-16-14-18-44(62)42-78-60(40-74)58(76)38-72/h13-20,29-36,41-42,79-80H,21-28,75-76H2,1-12H3. The van der Waals surface area contributed by atoms with Gasteiger partial charge in [0.05, 0.1) is 0 Å². The average molecular weight is 1130 g/mol. The quantitative estimate of drug-likeness (QED) is 0.0451. The third-order valence-electron chi connectivity index (χ3n) is 14.6.